The number of nitrogens with zero attached hydrogens (tertiary/aromatic N) is 3. The predicted molar refractivity (Wildman–Crippen MR) is 153 cm³/mol. The van der Waals surface area contributed by atoms with E-state index >= 15 is 0 Å². The van der Waals surface area contributed by atoms with Crippen molar-refractivity contribution >= 4 is 45.9 Å². The zero-order valence-electron chi connectivity index (χ0n) is 21.6. The number of hydrogen-bond acceptors (Lipinski definition) is 5. The maximum atomic E-state index is 14.9. The van der Waals surface area contributed by atoms with Crippen molar-refractivity contribution in [1.29, 1.82) is 0 Å². The summed E-state index contributed by atoms with van der Waals surface area (Å²) in [5.74, 6) is -0.920. The molecule has 40 heavy (non-hydrogen) atoms. The molecule has 0 saturated carbocycles. The Labute approximate surface area is 234 Å². The van der Waals surface area contributed by atoms with Gasteiger partial charge in [-0.2, -0.15) is 0 Å². The average Bonchev–Trinajstić information content (AvgIpc) is 3.35. The van der Waals surface area contributed by atoms with Crippen LogP contribution < -0.4 is 15.2 Å². The molecule has 1 atom stereocenters. The van der Waals surface area contributed by atoms with Crippen molar-refractivity contribution in [3.8, 4) is 0 Å². The molecular formula is C32H22ClN3O4. The fourth-order valence-corrected chi connectivity index (χ4v) is 6.02. The summed E-state index contributed by atoms with van der Waals surface area (Å²) in [6.07, 6.45) is 1.58. The van der Waals surface area contributed by atoms with Gasteiger partial charge in [-0.3, -0.25) is 19.3 Å². The largest absolute Gasteiger partial charge is 0.450 e. The lowest BCUT2D eigenvalue weighted by Crippen LogP contribution is -2.54. The predicted octanol–water partition coefficient (Wildman–Crippen LogP) is 5.91. The molecule has 5 aromatic rings. The van der Waals surface area contributed by atoms with Gasteiger partial charge in [-0.15, -0.1) is 0 Å². The number of carbonyl (C=O) groups is 2. The van der Waals surface area contributed by atoms with Crippen LogP contribution in [0.15, 0.2) is 94.3 Å². The standard InChI is InChI=1S/C32H22ClN3O4/c1-18-7-12-25-22(15-18)28(37)27-29(40-25)30(38)36(26-16-19(2)13-14-34-26)32(27)23-5-3-4-6-24(23)35(31(32)39)17-20-8-10-21(33)11-9-20/h3-16H,17H2,1-2H3. The number of aryl methyl sites for hydroxylation is 2. The van der Waals surface area contributed by atoms with Gasteiger partial charge < -0.3 is 9.32 Å². The number of carbonyl (C=O) groups excluding carboxylic acids is 2. The van der Waals surface area contributed by atoms with Crippen molar-refractivity contribution in [3.05, 3.63) is 134 Å². The van der Waals surface area contributed by atoms with Crippen LogP contribution in [0.4, 0.5) is 11.5 Å². The third kappa shape index (κ3) is 3.24. The molecule has 2 aliphatic heterocycles. The molecule has 0 bridgehead atoms. The minimum atomic E-state index is -1.80. The summed E-state index contributed by atoms with van der Waals surface area (Å²) in [5, 5.41) is 0.895. The minimum absolute atomic E-state index is 0.00922. The number of rotatable bonds is 3. The van der Waals surface area contributed by atoms with Gasteiger partial charge in [0.25, 0.3) is 11.8 Å². The molecule has 7 rings (SSSR count). The van der Waals surface area contributed by atoms with Gasteiger partial charge in [0.1, 0.15) is 11.4 Å². The molecule has 2 amide bonds. The van der Waals surface area contributed by atoms with Gasteiger partial charge >= 0.3 is 0 Å². The second-order valence-corrected chi connectivity index (χ2v) is 10.6. The van der Waals surface area contributed by atoms with Gasteiger partial charge in [0.15, 0.2) is 11.0 Å². The molecule has 0 radical (unpaired) electrons. The van der Waals surface area contributed by atoms with Crippen molar-refractivity contribution < 1.29 is 14.0 Å². The highest BCUT2D eigenvalue weighted by Gasteiger charge is 2.66. The monoisotopic (exact) mass is 547 g/mol. The lowest BCUT2D eigenvalue weighted by molar-refractivity contribution is -0.121. The molecule has 0 saturated heterocycles. The summed E-state index contributed by atoms with van der Waals surface area (Å²) in [6.45, 7) is 3.97. The molecule has 0 fully saturated rings. The number of halogens is 1. The number of benzene rings is 3. The Kier molecular flexibility index (Phi) is 5.24. The van der Waals surface area contributed by atoms with Gasteiger partial charge in [0.05, 0.1) is 23.2 Å². The Morgan fingerprint density at radius 2 is 1.65 bits per heavy atom. The van der Waals surface area contributed by atoms with E-state index < -0.39 is 22.8 Å². The second-order valence-electron chi connectivity index (χ2n) is 10.2. The van der Waals surface area contributed by atoms with Gasteiger partial charge in [-0.05, 0) is 67.4 Å². The third-order valence-corrected chi connectivity index (χ3v) is 7.92. The Bertz CT molecular complexity index is 1950. The Hall–Kier alpha value is -4.75. The zero-order valence-corrected chi connectivity index (χ0v) is 22.4. The first-order valence-electron chi connectivity index (χ1n) is 12.8. The van der Waals surface area contributed by atoms with Crippen molar-refractivity contribution in [2.45, 2.75) is 25.9 Å². The lowest BCUT2D eigenvalue weighted by atomic mass is 9.84. The molecule has 3 aromatic carbocycles. The number of aromatic nitrogens is 1. The minimum Gasteiger partial charge on any atom is -0.450 e. The number of amides is 2. The highest BCUT2D eigenvalue weighted by molar-refractivity contribution is 6.30. The van der Waals surface area contributed by atoms with Crippen molar-refractivity contribution in [1.82, 2.24) is 4.98 Å². The topological polar surface area (TPSA) is 83.7 Å². The van der Waals surface area contributed by atoms with Gasteiger partial charge in [-0.1, -0.05) is 53.6 Å². The van der Waals surface area contributed by atoms with E-state index in [2.05, 4.69) is 4.98 Å². The molecule has 1 unspecified atom stereocenters. The molecule has 0 N–H and O–H groups in total. The fraction of sp³-hybridized carbons (Fsp3) is 0.125. The highest BCUT2D eigenvalue weighted by atomic mass is 35.5. The summed E-state index contributed by atoms with van der Waals surface area (Å²) in [4.78, 5) is 50.9. The quantitative estimate of drug-likeness (QED) is 0.280. The third-order valence-electron chi connectivity index (χ3n) is 7.66. The molecule has 2 aliphatic rings. The summed E-state index contributed by atoms with van der Waals surface area (Å²) in [6, 6.07) is 23.2. The van der Waals surface area contributed by atoms with Crippen molar-refractivity contribution in [2.75, 3.05) is 9.80 Å². The van der Waals surface area contributed by atoms with E-state index in [0.717, 1.165) is 16.7 Å². The Morgan fingerprint density at radius 1 is 0.900 bits per heavy atom. The van der Waals surface area contributed by atoms with E-state index in [1.807, 2.05) is 50.2 Å². The highest BCUT2D eigenvalue weighted by Crippen LogP contribution is 2.54. The smallest absolute Gasteiger partial charge is 0.297 e. The van der Waals surface area contributed by atoms with Crippen molar-refractivity contribution in [3.63, 3.8) is 0 Å². The maximum Gasteiger partial charge on any atom is 0.297 e. The Balaban J connectivity index is 1.56. The first kappa shape index (κ1) is 24.3. The van der Waals surface area contributed by atoms with E-state index in [0.29, 0.717) is 21.7 Å². The molecule has 4 heterocycles. The van der Waals surface area contributed by atoms with Gasteiger partial charge in [-0.25, -0.2) is 4.98 Å². The number of para-hydroxylation sites is 1. The second kappa shape index (κ2) is 8.63. The van der Waals surface area contributed by atoms with Crippen LogP contribution in [0.3, 0.4) is 0 Å². The van der Waals surface area contributed by atoms with Crippen LogP contribution in [0.2, 0.25) is 5.02 Å². The van der Waals surface area contributed by atoms with E-state index in [-0.39, 0.29) is 29.3 Å². The Morgan fingerprint density at radius 3 is 2.42 bits per heavy atom. The molecule has 8 heteroatoms. The van der Waals surface area contributed by atoms with E-state index in [1.54, 1.807) is 53.6 Å². The van der Waals surface area contributed by atoms with Crippen LogP contribution in [0.1, 0.15) is 38.4 Å². The van der Waals surface area contributed by atoms with E-state index in [4.69, 9.17) is 16.0 Å². The van der Waals surface area contributed by atoms with E-state index in [1.165, 1.54) is 4.90 Å². The maximum absolute atomic E-state index is 14.9. The number of hydrogen-bond donors (Lipinski definition) is 0. The van der Waals surface area contributed by atoms with Crippen LogP contribution in [0.5, 0.6) is 0 Å². The van der Waals surface area contributed by atoms with Crippen LogP contribution in [0, 0.1) is 13.8 Å². The molecular weight excluding hydrogens is 526 g/mol. The summed E-state index contributed by atoms with van der Waals surface area (Å²) in [7, 11) is 0. The molecule has 196 valence electrons. The summed E-state index contributed by atoms with van der Waals surface area (Å²) < 4.78 is 6.15. The van der Waals surface area contributed by atoms with Crippen LogP contribution >= 0.6 is 11.6 Å². The molecule has 7 nitrogen and oxygen atoms in total. The van der Waals surface area contributed by atoms with Crippen LogP contribution in [-0.4, -0.2) is 16.8 Å². The average molecular weight is 548 g/mol. The molecule has 1 spiro atoms. The molecule has 2 aromatic heterocycles. The van der Waals surface area contributed by atoms with Crippen LogP contribution in [-0.2, 0) is 16.9 Å². The number of anilines is 2. The number of fused-ring (bicyclic) bond motifs is 5. The summed E-state index contributed by atoms with van der Waals surface area (Å²) in [5.41, 5.74) is 1.75. The number of pyridine rings is 1. The van der Waals surface area contributed by atoms with Crippen LogP contribution in [0.25, 0.3) is 11.0 Å². The lowest BCUT2D eigenvalue weighted by Gasteiger charge is -2.33. The summed E-state index contributed by atoms with van der Waals surface area (Å²) >= 11 is 6.11. The van der Waals surface area contributed by atoms with Gasteiger partial charge in [0.2, 0.25) is 5.76 Å². The zero-order chi connectivity index (χ0) is 27.8. The fourth-order valence-electron chi connectivity index (χ4n) is 5.89. The van der Waals surface area contributed by atoms with E-state index in [9.17, 15) is 14.4 Å². The first-order valence-corrected chi connectivity index (χ1v) is 13.2. The van der Waals surface area contributed by atoms with Crippen molar-refractivity contribution in [2.24, 2.45) is 0 Å². The molecule has 0 aliphatic carbocycles. The first-order chi connectivity index (χ1) is 19.3. The van der Waals surface area contributed by atoms with Gasteiger partial charge in [0, 0.05) is 16.8 Å². The normalized spacial score (nSPS) is 17.7. The SMILES string of the molecule is Cc1ccnc(N2C(=O)c3oc4ccc(C)cc4c(=O)c3C23C(=O)N(Cc2ccc(Cl)cc2)c2ccccc23)c1.